The van der Waals surface area contributed by atoms with E-state index in [0.29, 0.717) is 5.92 Å². The van der Waals surface area contributed by atoms with Gasteiger partial charge in [0.1, 0.15) is 0 Å². The molecule has 0 nitrogen and oxygen atoms in total. The first-order valence-electron chi connectivity index (χ1n) is 5.66. The van der Waals surface area contributed by atoms with Crippen molar-refractivity contribution >= 4 is 11.6 Å². The van der Waals surface area contributed by atoms with Crippen molar-refractivity contribution in [1.82, 2.24) is 0 Å². The Morgan fingerprint density at radius 1 is 1.36 bits per heavy atom. The number of rotatable bonds is 1. The minimum atomic E-state index is 0.260. The highest BCUT2D eigenvalue weighted by Crippen LogP contribution is 2.35. The summed E-state index contributed by atoms with van der Waals surface area (Å²) in [6, 6.07) is 10.5. The Balaban J connectivity index is 2.15. The molecule has 1 unspecified atom stereocenters. The van der Waals surface area contributed by atoms with Crippen LogP contribution in [0, 0.1) is 0 Å². The number of allylic oxidation sites excluding steroid dienone is 1. The summed E-state index contributed by atoms with van der Waals surface area (Å²) in [5.74, 6) is 0.564. The molecule has 0 aromatic heterocycles. The van der Waals surface area contributed by atoms with Gasteiger partial charge in [-0.25, -0.2) is 0 Å². The topological polar surface area (TPSA) is 0 Å². The summed E-state index contributed by atoms with van der Waals surface area (Å²) >= 11 is 5.76. The lowest BCUT2D eigenvalue weighted by Gasteiger charge is -2.24. The summed E-state index contributed by atoms with van der Waals surface area (Å²) in [4.78, 5) is 0. The van der Waals surface area contributed by atoms with Crippen LogP contribution in [0.15, 0.2) is 41.4 Å². The van der Waals surface area contributed by atoms with Crippen molar-refractivity contribution in [3.63, 3.8) is 0 Å². The van der Waals surface area contributed by atoms with Crippen LogP contribution in [-0.2, 0) is 0 Å². The molecule has 1 fully saturated rings. The van der Waals surface area contributed by atoms with Crippen LogP contribution in [0.2, 0.25) is 0 Å². The summed E-state index contributed by atoms with van der Waals surface area (Å²) in [6.07, 6.45) is 4.35. The van der Waals surface area contributed by atoms with Gasteiger partial charge >= 0.3 is 0 Å². The fraction of sp³-hybridized carbons (Fsp3) is 0.385. The molecule has 1 heteroatoms. The first-order chi connectivity index (χ1) is 7.27. The largest absolute Gasteiger partial charge is 0.0930 e. The zero-order valence-electron chi connectivity index (χ0n) is 9.17. The van der Waals surface area contributed by atoms with Crippen LogP contribution in [0.5, 0.6) is 0 Å². The van der Waals surface area contributed by atoms with E-state index in [4.69, 9.17) is 13.0 Å². The molecule has 0 N–H and O–H groups in total. The second kappa shape index (κ2) is 4.65. The molecule has 0 amide bonds. The molecule has 74 valence electrons. The van der Waals surface area contributed by atoms with Gasteiger partial charge in [-0.15, -0.1) is 0 Å². The highest BCUT2D eigenvalue weighted by Gasteiger charge is 2.17. The van der Waals surface area contributed by atoms with Crippen molar-refractivity contribution in [2.75, 3.05) is 0 Å². The van der Waals surface area contributed by atoms with Crippen LogP contribution in [0.4, 0.5) is 0 Å². The van der Waals surface area contributed by atoms with E-state index >= 15 is 0 Å². The standard InChI is InChI=1S/C13H15Cl/c14-10-11-5-4-8-13(9-11)12-6-2-1-3-7-12/h1-3,6-7,10,13H,4-5,8-9H2/b11-10-/i10D. The maximum absolute atomic E-state index is 7.47. The number of benzene rings is 1. The fourth-order valence-electron chi connectivity index (χ4n) is 2.16. The van der Waals surface area contributed by atoms with E-state index < -0.39 is 0 Å². The summed E-state index contributed by atoms with van der Waals surface area (Å²) in [6.45, 7) is 0. The van der Waals surface area contributed by atoms with Gasteiger partial charge in [0.2, 0.25) is 0 Å². The van der Waals surface area contributed by atoms with Gasteiger partial charge in [0.25, 0.3) is 0 Å². The van der Waals surface area contributed by atoms with Crippen molar-refractivity contribution in [3.05, 3.63) is 47.0 Å². The summed E-state index contributed by atoms with van der Waals surface area (Å²) < 4.78 is 7.47. The van der Waals surface area contributed by atoms with Gasteiger partial charge < -0.3 is 0 Å². The number of hydrogen-bond donors (Lipinski definition) is 0. The van der Waals surface area contributed by atoms with Crippen molar-refractivity contribution in [1.29, 1.82) is 0 Å². The fourth-order valence-corrected chi connectivity index (χ4v) is 2.33. The molecule has 0 aliphatic heterocycles. The molecule has 14 heavy (non-hydrogen) atoms. The minimum Gasteiger partial charge on any atom is -0.0930 e. The van der Waals surface area contributed by atoms with E-state index in [1.165, 1.54) is 12.0 Å². The molecule has 0 heterocycles. The summed E-state index contributed by atoms with van der Waals surface area (Å²) in [7, 11) is 0. The molecular weight excluding hydrogens is 192 g/mol. The zero-order valence-corrected chi connectivity index (χ0v) is 8.93. The molecule has 0 saturated heterocycles. The number of halogens is 1. The van der Waals surface area contributed by atoms with Crippen molar-refractivity contribution < 1.29 is 1.37 Å². The second-order valence-electron chi connectivity index (χ2n) is 3.90. The van der Waals surface area contributed by atoms with Crippen molar-refractivity contribution in [2.45, 2.75) is 31.6 Å². The molecule has 1 aromatic carbocycles. The van der Waals surface area contributed by atoms with E-state index in [-0.39, 0.29) is 5.51 Å². The first-order valence-corrected chi connectivity index (χ1v) is 5.54. The highest BCUT2D eigenvalue weighted by molar-refractivity contribution is 6.25. The molecule has 1 aliphatic carbocycles. The average Bonchev–Trinajstić information content (AvgIpc) is 2.30. The first kappa shape index (κ1) is 8.55. The van der Waals surface area contributed by atoms with Crippen molar-refractivity contribution in [3.8, 4) is 0 Å². The Labute approximate surface area is 92.0 Å². The smallest absolute Gasteiger partial charge is 0.0754 e. The molecular formula is C13H15Cl. The van der Waals surface area contributed by atoms with Gasteiger partial charge in [-0.05, 0) is 37.2 Å². The van der Waals surface area contributed by atoms with Crippen LogP contribution in [0.25, 0.3) is 0 Å². The lowest BCUT2D eigenvalue weighted by molar-refractivity contribution is 0.523. The highest BCUT2D eigenvalue weighted by atomic mass is 35.5. The molecule has 1 aliphatic rings. The average molecular weight is 208 g/mol. The molecule has 0 spiro atoms. The second-order valence-corrected chi connectivity index (χ2v) is 4.09. The van der Waals surface area contributed by atoms with Crippen LogP contribution < -0.4 is 0 Å². The van der Waals surface area contributed by atoms with E-state index in [1.807, 2.05) is 6.07 Å². The van der Waals surface area contributed by atoms with Crippen LogP contribution in [-0.4, -0.2) is 0 Å². The Bertz CT molecular complexity index is 352. The van der Waals surface area contributed by atoms with Gasteiger partial charge in [0.05, 0.1) is 1.37 Å². The predicted molar refractivity (Wildman–Crippen MR) is 61.6 cm³/mol. The third-order valence-electron chi connectivity index (χ3n) is 2.93. The lowest BCUT2D eigenvalue weighted by atomic mass is 9.82. The van der Waals surface area contributed by atoms with E-state index in [2.05, 4.69) is 24.3 Å². The molecule has 1 atom stereocenters. The van der Waals surface area contributed by atoms with E-state index in [0.717, 1.165) is 24.8 Å². The maximum Gasteiger partial charge on any atom is 0.0754 e. The van der Waals surface area contributed by atoms with Gasteiger partial charge in [0, 0.05) is 5.51 Å². The van der Waals surface area contributed by atoms with Crippen molar-refractivity contribution in [2.24, 2.45) is 0 Å². The third kappa shape index (κ3) is 2.19. The zero-order chi connectivity index (χ0) is 10.7. The SMILES string of the molecule is [2H]/C(Cl)=C1\CCCC(c2ccccc2)C1. The quantitative estimate of drug-likeness (QED) is 0.638. The van der Waals surface area contributed by atoms with Gasteiger partial charge in [-0.3, -0.25) is 0 Å². The molecule has 0 radical (unpaired) electrons. The van der Waals surface area contributed by atoms with E-state index in [1.54, 1.807) is 0 Å². The maximum atomic E-state index is 7.47. The third-order valence-corrected chi connectivity index (χ3v) is 3.20. The summed E-state index contributed by atoms with van der Waals surface area (Å²) in [5, 5.41) is 0. The molecule has 2 rings (SSSR count). The van der Waals surface area contributed by atoms with E-state index in [9.17, 15) is 0 Å². The normalized spacial score (nSPS) is 26.9. The van der Waals surface area contributed by atoms with Gasteiger partial charge in [-0.2, -0.15) is 0 Å². The lowest BCUT2D eigenvalue weighted by Crippen LogP contribution is -2.06. The Kier molecular flexibility index (Phi) is 2.84. The van der Waals surface area contributed by atoms with Gasteiger partial charge in [-0.1, -0.05) is 47.5 Å². The van der Waals surface area contributed by atoms with Crippen LogP contribution in [0.3, 0.4) is 0 Å². The Morgan fingerprint density at radius 2 is 2.14 bits per heavy atom. The van der Waals surface area contributed by atoms with Gasteiger partial charge in [0.15, 0.2) is 0 Å². The van der Waals surface area contributed by atoms with Crippen LogP contribution >= 0.6 is 11.6 Å². The Hall–Kier alpha value is -0.750. The predicted octanol–water partition coefficient (Wildman–Crippen LogP) is 4.47. The Morgan fingerprint density at radius 3 is 2.86 bits per heavy atom. The number of hydrogen-bond acceptors (Lipinski definition) is 0. The summed E-state index contributed by atoms with van der Waals surface area (Å²) in [5.41, 5.74) is 2.76. The van der Waals surface area contributed by atoms with Crippen LogP contribution in [0.1, 0.15) is 38.5 Å². The monoisotopic (exact) mass is 207 g/mol. The molecule has 1 saturated carbocycles. The molecule has 0 bridgehead atoms. The minimum absolute atomic E-state index is 0.260. The molecule has 1 aromatic rings.